The van der Waals surface area contributed by atoms with Gasteiger partial charge in [0.25, 0.3) is 18.5 Å². The van der Waals surface area contributed by atoms with Gasteiger partial charge in [-0.25, -0.2) is 19.2 Å². The number of likely N-dealkylation sites (tertiary alicyclic amines) is 1. The lowest BCUT2D eigenvalue weighted by molar-refractivity contribution is -0.123. The molecule has 4 aliphatic heterocycles. The number of imidazole rings is 1. The van der Waals surface area contributed by atoms with Gasteiger partial charge in [-0.15, -0.1) is 0 Å². The van der Waals surface area contributed by atoms with E-state index in [0.717, 1.165) is 103 Å². The second-order valence-corrected chi connectivity index (χ2v) is 15.8. The van der Waals surface area contributed by atoms with Crippen molar-refractivity contribution < 1.29 is 43.3 Å². The molecule has 20 heteroatoms. The number of thioether (sulfide) groups is 1. The Morgan fingerprint density at radius 2 is 1.63 bits per heavy atom. The number of amides is 3. The van der Waals surface area contributed by atoms with E-state index in [1.165, 1.54) is 6.07 Å². The number of urea groups is 1. The number of imide groups is 1. The highest BCUT2D eigenvalue weighted by atomic mass is 32.2. The largest absolute Gasteiger partial charge is 0.493 e. The number of pyridine rings is 1. The molecule has 7 heterocycles. The number of fused-ring (bicyclic) bond motifs is 2. The lowest BCUT2D eigenvalue weighted by Crippen LogP contribution is -2.50. The molecule has 3 amide bonds. The Balaban J connectivity index is 0.000000921. The quantitative estimate of drug-likeness (QED) is 0.160. The molecule has 8 rings (SSSR count). The van der Waals surface area contributed by atoms with Crippen LogP contribution in [0.2, 0.25) is 0 Å². The number of carbonyl (C=O) groups is 4. The second kappa shape index (κ2) is 21.1. The van der Waals surface area contributed by atoms with Crippen LogP contribution in [0.4, 0.5) is 20.7 Å². The van der Waals surface area contributed by atoms with Gasteiger partial charge >= 0.3 is 6.03 Å². The van der Waals surface area contributed by atoms with Gasteiger partial charge in [-0.2, -0.15) is 11.8 Å². The molecule has 0 radical (unpaired) electrons. The molecule has 0 aliphatic carbocycles. The number of hydrogen-bond acceptors (Lipinski definition) is 13. The number of carbonyl (C=O) groups excluding carboxylic acids is 2. The molecule has 318 valence electrons. The Morgan fingerprint density at radius 3 is 2.32 bits per heavy atom. The topological polar surface area (TPSA) is 215 Å². The lowest BCUT2D eigenvalue weighted by atomic mass is 9.98. The minimum Gasteiger partial charge on any atom is -0.493 e. The molecular formula is C39H50FN9O9S. The predicted molar refractivity (Wildman–Crippen MR) is 219 cm³/mol. The van der Waals surface area contributed by atoms with Crippen LogP contribution in [0.25, 0.3) is 16.6 Å². The van der Waals surface area contributed by atoms with E-state index in [9.17, 15) is 14.4 Å². The number of carboxylic acid groups (broad SMARTS) is 2. The maximum absolute atomic E-state index is 15.0. The summed E-state index contributed by atoms with van der Waals surface area (Å²) in [5.74, 6) is 1.71. The zero-order chi connectivity index (χ0) is 41.7. The molecule has 3 aromatic heterocycles. The normalized spacial score (nSPS) is 18.5. The highest BCUT2D eigenvalue weighted by Crippen LogP contribution is 2.28. The number of ether oxygens (including phenoxy) is 2. The number of rotatable bonds is 11. The van der Waals surface area contributed by atoms with Crippen molar-refractivity contribution >= 4 is 64.7 Å². The molecule has 1 aromatic carbocycles. The summed E-state index contributed by atoms with van der Waals surface area (Å²) < 4.78 is 28.4. The molecule has 4 saturated heterocycles. The lowest BCUT2D eigenvalue weighted by Gasteiger charge is -2.38. The summed E-state index contributed by atoms with van der Waals surface area (Å²) in [5.41, 5.74) is 1.75. The summed E-state index contributed by atoms with van der Waals surface area (Å²) in [6.07, 6.45) is 7.91. The van der Waals surface area contributed by atoms with Crippen LogP contribution in [0.3, 0.4) is 0 Å². The van der Waals surface area contributed by atoms with Crippen molar-refractivity contribution in [1.29, 1.82) is 0 Å². The van der Waals surface area contributed by atoms with Crippen LogP contribution >= 0.6 is 11.8 Å². The number of H-pyrrole nitrogens is 1. The van der Waals surface area contributed by atoms with Crippen LogP contribution in [-0.4, -0.2) is 148 Å². The van der Waals surface area contributed by atoms with E-state index in [-0.39, 0.29) is 30.7 Å². The predicted octanol–water partition coefficient (Wildman–Crippen LogP) is 2.88. The van der Waals surface area contributed by atoms with Gasteiger partial charge in [0.15, 0.2) is 0 Å². The highest BCUT2D eigenvalue weighted by molar-refractivity contribution is 7.99. The smallest absolute Gasteiger partial charge is 0.329 e. The first-order chi connectivity index (χ1) is 28.7. The summed E-state index contributed by atoms with van der Waals surface area (Å²) >= 11 is 1.76. The first-order valence-electron chi connectivity index (χ1n) is 19.7. The fraction of sp³-hybridized carbons (Fsp3) is 0.513. The number of hydrogen-bond donors (Lipinski definition) is 4. The molecule has 0 bridgehead atoms. The average Bonchev–Trinajstić information content (AvgIpc) is 3.66. The molecule has 4 aliphatic rings. The summed E-state index contributed by atoms with van der Waals surface area (Å²) in [6, 6.07) is 6.70. The van der Waals surface area contributed by atoms with Crippen molar-refractivity contribution in [3.8, 4) is 5.75 Å². The van der Waals surface area contributed by atoms with Crippen LogP contribution in [0.15, 0.2) is 41.5 Å². The molecule has 0 unspecified atom stereocenters. The van der Waals surface area contributed by atoms with E-state index in [0.29, 0.717) is 53.0 Å². The van der Waals surface area contributed by atoms with Gasteiger partial charge in [0.05, 0.1) is 24.1 Å². The Morgan fingerprint density at radius 1 is 0.932 bits per heavy atom. The van der Waals surface area contributed by atoms with E-state index >= 15 is 4.39 Å². The zero-order valence-electron chi connectivity index (χ0n) is 32.7. The van der Waals surface area contributed by atoms with Crippen LogP contribution in [-0.2, 0) is 24.9 Å². The number of piperazine rings is 1. The third-order valence-corrected chi connectivity index (χ3v) is 12.3. The average molecular weight is 840 g/mol. The SMILES string of the molecule is O=C1CCN(c2cnc3cc(N4CCN(CCN5CCC(COc6cc(F)c7c(=O)[nH]c(CSC8CCOCC8)nc7c6)CC5)CC4)ccn23)C(=O)N1.O=CO.O=CO. The number of benzene rings is 1. The monoisotopic (exact) mass is 839 g/mol. The molecule has 0 atom stereocenters. The number of halogens is 1. The van der Waals surface area contributed by atoms with Gasteiger partial charge < -0.3 is 34.5 Å². The number of piperidine rings is 1. The number of nitrogens with one attached hydrogen (secondary N) is 2. The molecule has 4 aromatic rings. The molecule has 4 N–H and O–H groups in total. The van der Waals surface area contributed by atoms with Gasteiger partial charge in [0.1, 0.15) is 34.2 Å². The van der Waals surface area contributed by atoms with E-state index in [2.05, 4.69) is 47.1 Å². The summed E-state index contributed by atoms with van der Waals surface area (Å²) in [5, 5.41) is 16.6. The third kappa shape index (κ3) is 11.5. The third-order valence-electron chi connectivity index (χ3n) is 10.9. The zero-order valence-corrected chi connectivity index (χ0v) is 33.5. The van der Waals surface area contributed by atoms with Crippen molar-refractivity contribution in [3.05, 3.63) is 58.7 Å². The first-order valence-corrected chi connectivity index (χ1v) is 20.7. The van der Waals surface area contributed by atoms with E-state index in [1.807, 2.05) is 10.6 Å². The Labute approximate surface area is 343 Å². The first kappa shape index (κ1) is 43.3. The van der Waals surface area contributed by atoms with E-state index in [4.69, 9.17) is 29.3 Å². The summed E-state index contributed by atoms with van der Waals surface area (Å²) in [6.45, 7) is 9.75. The van der Waals surface area contributed by atoms with Crippen molar-refractivity contribution in [3.63, 3.8) is 0 Å². The van der Waals surface area contributed by atoms with Gasteiger partial charge in [-0.05, 0) is 50.8 Å². The summed E-state index contributed by atoms with van der Waals surface area (Å²) in [4.78, 5) is 74.2. The molecule has 59 heavy (non-hydrogen) atoms. The maximum atomic E-state index is 15.0. The number of nitrogens with zero attached hydrogens (tertiary/aromatic N) is 7. The minimum atomic E-state index is -0.608. The van der Waals surface area contributed by atoms with E-state index in [1.54, 1.807) is 28.9 Å². The van der Waals surface area contributed by atoms with E-state index < -0.39 is 17.4 Å². The van der Waals surface area contributed by atoms with Crippen LogP contribution in [0.5, 0.6) is 5.75 Å². The molecule has 18 nitrogen and oxygen atoms in total. The van der Waals surface area contributed by atoms with Crippen LogP contribution < -0.4 is 25.4 Å². The van der Waals surface area contributed by atoms with Gasteiger partial charge in [0, 0.05) is 101 Å². The highest BCUT2D eigenvalue weighted by Gasteiger charge is 2.27. The van der Waals surface area contributed by atoms with Crippen molar-refractivity contribution in [2.45, 2.75) is 43.1 Å². The van der Waals surface area contributed by atoms with Crippen molar-refractivity contribution in [1.82, 2.24) is 34.5 Å². The second-order valence-electron chi connectivity index (χ2n) is 14.6. The summed E-state index contributed by atoms with van der Waals surface area (Å²) in [7, 11) is 0. The maximum Gasteiger partial charge on any atom is 0.329 e. The van der Waals surface area contributed by atoms with Crippen LogP contribution in [0.1, 0.15) is 37.9 Å². The number of aromatic amines is 1. The minimum absolute atomic E-state index is 0.0247. The number of aromatic nitrogens is 4. The Bertz CT molecular complexity index is 2110. The van der Waals surface area contributed by atoms with Crippen molar-refractivity contribution in [2.75, 3.05) is 88.5 Å². The standard InChI is InChI=1S/C37H46FN9O5S.2CH2O2/c38-29-20-27(21-30-35(29)36(49)41-31(40-30)24-53-28-5-17-51-18-6-28)52-23-25-1-7-43(8-2-25)11-12-44-13-15-45(16-14-44)26-3-9-46-32(19-26)39-22-34(46)47-10-4-33(48)42-37(47)50;2*2-1-3/h3,9,19-22,25,28H,1-2,4-8,10-18,23-24H2,(H,40,41,49)(H,42,48,50);2*1H,(H,2,3). The van der Waals surface area contributed by atoms with Crippen LogP contribution in [0, 0.1) is 11.7 Å². The molecular weight excluding hydrogens is 790 g/mol. The fourth-order valence-corrected chi connectivity index (χ4v) is 8.73. The molecule has 0 saturated carbocycles. The van der Waals surface area contributed by atoms with Gasteiger partial charge in [0.2, 0.25) is 5.91 Å². The fourth-order valence-electron chi connectivity index (χ4n) is 7.68. The number of anilines is 2. The van der Waals surface area contributed by atoms with Crippen molar-refractivity contribution in [2.24, 2.45) is 5.92 Å². The van der Waals surface area contributed by atoms with Gasteiger partial charge in [-0.3, -0.25) is 38.7 Å². The molecule has 4 fully saturated rings. The molecule has 0 spiro atoms. The Kier molecular flexibility index (Phi) is 15.5. The van der Waals surface area contributed by atoms with Gasteiger partial charge in [-0.1, -0.05) is 0 Å². The Hall–Kier alpha value is -5.31.